The van der Waals surface area contributed by atoms with Crippen LogP contribution in [-0.4, -0.2) is 37.0 Å². The standard InChI is InChI=1S/C10H20N2O/c1-4-9-5-8(2)6-12(9)7-10(13)11-3/h8-9H,4-7H2,1-3H3,(H,11,13). The second-order valence-electron chi connectivity index (χ2n) is 4.01. The van der Waals surface area contributed by atoms with Crippen LogP contribution in [0.4, 0.5) is 0 Å². The lowest BCUT2D eigenvalue weighted by Crippen LogP contribution is -2.38. The second kappa shape index (κ2) is 4.61. The van der Waals surface area contributed by atoms with Crippen molar-refractivity contribution in [3.05, 3.63) is 0 Å². The first-order valence-electron chi connectivity index (χ1n) is 5.12. The molecule has 0 radical (unpaired) electrons. The van der Waals surface area contributed by atoms with Crippen molar-refractivity contribution in [1.82, 2.24) is 10.2 Å². The lowest BCUT2D eigenvalue weighted by atomic mass is 10.1. The van der Waals surface area contributed by atoms with E-state index in [1.807, 2.05) is 0 Å². The maximum atomic E-state index is 11.2. The number of carbonyl (C=O) groups is 1. The number of rotatable bonds is 3. The fourth-order valence-electron chi connectivity index (χ4n) is 2.12. The molecule has 2 atom stereocenters. The molecule has 1 heterocycles. The van der Waals surface area contributed by atoms with E-state index in [4.69, 9.17) is 0 Å². The molecule has 13 heavy (non-hydrogen) atoms. The number of amides is 1. The molecule has 0 spiro atoms. The average Bonchev–Trinajstić information content (AvgIpc) is 2.46. The highest BCUT2D eigenvalue weighted by Crippen LogP contribution is 2.24. The molecular weight excluding hydrogens is 164 g/mol. The molecule has 1 aliphatic rings. The van der Waals surface area contributed by atoms with E-state index in [0.717, 1.165) is 18.9 Å². The zero-order valence-corrected chi connectivity index (χ0v) is 8.84. The van der Waals surface area contributed by atoms with Gasteiger partial charge in [0.1, 0.15) is 0 Å². The van der Waals surface area contributed by atoms with Gasteiger partial charge in [0.05, 0.1) is 6.54 Å². The van der Waals surface area contributed by atoms with Crippen molar-refractivity contribution in [2.75, 3.05) is 20.1 Å². The summed E-state index contributed by atoms with van der Waals surface area (Å²) in [7, 11) is 1.70. The van der Waals surface area contributed by atoms with Gasteiger partial charge in [0, 0.05) is 19.6 Å². The number of likely N-dealkylation sites (N-methyl/N-ethyl adjacent to an activating group) is 1. The van der Waals surface area contributed by atoms with E-state index in [9.17, 15) is 4.79 Å². The molecule has 1 amide bonds. The summed E-state index contributed by atoms with van der Waals surface area (Å²) < 4.78 is 0. The van der Waals surface area contributed by atoms with Gasteiger partial charge in [-0.3, -0.25) is 9.69 Å². The van der Waals surface area contributed by atoms with Crippen LogP contribution < -0.4 is 5.32 Å². The quantitative estimate of drug-likeness (QED) is 0.705. The van der Waals surface area contributed by atoms with Gasteiger partial charge in [0.25, 0.3) is 0 Å². The molecule has 0 aliphatic carbocycles. The van der Waals surface area contributed by atoms with Crippen LogP contribution in [-0.2, 0) is 4.79 Å². The molecule has 2 unspecified atom stereocenters. The van der Waals surface area contributed by atoms with Crippen molar-refractivity contribution >= 4 is 5.91 Å². The van der Waals surface area contributed by atoms with Crippen molar-refractivity contribution in [2.45, 2.75) is 32.7 Å². The fourth-order valence-corrected chi connectivity index (χ4v) is 2.12. The molecule has 1 fully saturated rings. The predicted molar refractivity (Wildman–Crippen MR) is 53.5 cm³/mol. The zero-order chi connectivity index (χ0) is 9.84. The van der Waals surface area contributed by atoms with Crippen LogP contribution in [0, 0.1) is 5.92 Å². The van der Waals surface area contributed by atoms with Gasteiger partial charge >= 0.3 is 0 Å². The van der Waals surface area contributed by atoms with Gasteiger partial charge < -0.3 is 5.32 Å². The van der Waals surface area contributed by atoms with Crippen molar-refractivity contribution in [2.24, 2.45) is 5.92 Å². The first-order valence-corrected chi connectivity index (χ1v) is 5.12. The van der Waals surface area contributed by atoms with Crippen molar-refractivity contribution in [3.8, 4) is 0 Å². The van der Waals surface area contributed by atoms with Gasteiger partial charge in [0.15, 0.2) is 0 Å². The Kier molecular flexibility index (Phi) is 3.72. The number of likely N-dealkylation sites (tertiary alicyclic amines) is 1. The lowest BCUT2D eigenvalue weighted by Gasteiger charge is -2.21. The van der Waals surface area contributed by atoms with Crippen molar-refractivity contribution in [1.29, 1.82) is 0 Å². The average molecular weight is 184 g/mol. The minimum atomic E-state index is 0.132. The minimum absolute atomic E-state index is 0.132. The van der Waals surface area contributed by atoms with Crippen molar-refractivity contribution in [3.63, 3.8) is 0 Å². The summed E-state index contributed by atoms with van der Waals surface area (Å²) in [5, 5.41) is 2.67. The number of nitrogens with one attached hydrogen (secondary N) is 1. The Hall–Kier alpha value is -0.570. The van der Waals surface area contributed by atoms with Crippen LogP contribution in [0.2, 0.25) is 0 Å². The van der Waals surface area contributed by atoms with Gasteiger partial charge in [0.2, 0.25) is 5.91 Å². The zero-order valence-electron chi connectivity index (χ0n) is 8.84. The first kappa shape index (κ1) is 10.5. The molecule has 0 aromatic carbocycles. The number of nitrogens with zero attached hydrogens (tertiary/aromatic N) is 1. The molecule has 3 nitrogen and oxygen atoms in total. The molecule has 76 valence electrons. The van der Waals surface area contributed by atoms with Gasteiger partial charge in [-0.05, 0) is 18.8 Å². The molecule has 0 saturated carbocycles. The largest absolute Gasteiger partial charge is 0.358 e. The van der Waals surface area contributed by atoms with Crippen LogP contribution in [0.3, 0.4) is 0 Å². The topological polar surface area (TPSA) is 32.3 Å². The summed E-state index contributed by atoms with van der Waals surface area (Å²) in [6.07, 6.45) is 2.40. The Bertz CT molecular complexity index is 182. The van der Waals surface area contributed by atoms with Gasteiger partial charge in [-0.2, -0.15) is 0 Å². The highest BCUT2D eigenvalue weighted by molar-refractivity contribution is 5.77. The Labute approximate surface area is 80.5 Å². The van der Waals surface area contributed by atoms with E-state index in [0.29, 0.717) is 12.6 Å². The van der Waals surface area contributed by atoms with E-state index in [2.05, 4.69) is 24.1 Å². The van der Waals surface area contributed by atoms with Crippen LogP contribution in [0.5, 0.6) is 0 Å². The summed E-state index contributed by atoms with van der Waals surface area (Å²) in [5.74, 6) is 0.877. The Morgan fingerprint density at radius 3 is 2.85 bits per heavy atom. The molecule has 1 rings (SSSR count). The van der Waals surface area contributed by atoms with E-state index >= 15 is 0 Å². The second-order valence-corrected chi connectivity index (χ2v) is 4.01. The number of carbonyl (C=O) groups excluding carboxylic acids is 1. The predicted octanol–water partition coefficient (Wildman–Crippen LogP) is 0.853. The van der Waals surface area contributed by atoms with E-state index in [1.165, 1.54) is 6.42 Å². The lowest BCUT2D eigenvalue weighted by molar-refractivity contribution is -0.122. The smallest absolute Gasteiger partial charge is 0.233 e. The normalized spacial score (nSPS) is 29.2. The van der Waals surface area contributed by atoms with Crippen LogP contribution in [0.1, 0.15) is 26.7 Å². The van der Waals surface area contributed by atoms with E-state index in [-0.39, 0.29) is 5.91 Å². The van der Waals surface area contributed by atoms with Crippen LogP contribution in [0.25, 0.3) is 0 Å². The highest BCUT2D eigenvalue weighted by Gasteiger charge is 2.28. The van der Waals surface area contributed by atoms with Gasteiger partial charge in [-0.25, -0.2) is 0 Å². The third-order valence-electron chi connectivity index (χ3n) is 2.83. The molecular formula is C10H20N2O. The summed E-state index contributed by atoms with van der Waals surface area (Å²) in [5.41, 5.74) is 0. The van der Waals surface area contributed by atoms with Crippen LogP contribution >= 0.6 is 0 Å². The Morgan fingerprint density at radius 2 is 2.31 bits per heavy atom. The van der Waals surface area contributed by atoms with E-state index in [1.54, 1.807) is 7.05 Å². The molecule has 3 heteroatoms. The Morgan fingerprint density at radius 1 is 1.62 bits per heavy atom. The summed E-state index contributed by atoms with van der Waals surface area (Å²) >= 11 is 0. The summed E-state index contributed by atoms with van der Waals surface area (Å²) in [6.45, 7) is 6.09. The number of hydrogen-bond donors (Lipinski definition) is 1. The maximum Gasteiger partial charge on any atom is 0.233 e. The first-order chi connectivity index (χ1) is 6.17. The summed E-state index contributed by atoms with van der Waals surface area (Å²) in [4.78, 5) is 13.5. The molecule has 1 saturated heterocycles. The van der Waals surface area contributed by atoms with E-state index < -0.39 is 0 Å². The molecule has 1 N–H and O–H groups in total. The monoisotopic (exact) mass is 184 g/mol. The third kappa shape index (κ3) is 2.69. The fraction of sp³-hybridized carbons (Fsp3) is 0.900. The summed E-state index contributed by atoms with van der Waals surface area (Å²) in [6, 6.07) is 0.618. The maximum absolute atomic E-state index is 11.2. The van der Waals surface area contributed by atoms with Crippen LogP contribution in [0.15, 0.2) is 0 Å². The highest BCUT2D eigenvalue weighted by atomic mass is 16.1. The molecule has 1 aliphatic heterocycles. The minimum Gasteiger partial charge on any atom is -0.358 e. The van der Waals surface area contributed by atoms with Gasteiger partial charge in [-0.1, -0.05) is 13.8 Å². The third-order valence-corrected chi connectivity index (χ3v) is 2.83. The molecule has 0 aromatic heterocycles. The number of hydrogen-bond acceptors (Lipinski definition) is 2. The van der Waals surface area contributed by atoms with Gasteiger partial charge in [-0.15, -0.1) is 0 Å². The molecule has 0 bridgehead atoms. The SMILES string of the molecule is CCC1CC(C)CN1CC(=O)NC. The molecule has 0 aromatic rings. The van der Waals surface area contributed by atoms with Crippen molar-refractivity contribution < 1.29 is 4.79 Å². The Balaban J connectivity index is 2.43.